The second-order valence-electron chi connectivity index (χ2n) is 17.7. The Labute approximate surface area is 399 Å². The van der Waals surface area contributed by atoms with Crippen molar-refractivity contribution in [3.05, 3.63) is 232 Å². The lowest BCUT2D eigenvalue weighted by molar-refractivity contribution is -0.153. The minimum absolute atomic E-state index is 0.0276. The molecule has 2 saturated heterocycles. The van der Waals surface area contributed by atoms with Gasteiger partial charge in [-0.15, -0.1) is 11.8 Å². The number of thioether (sulfide) groups is 1. The summed E-state index contributed by atoms with van der Waals surface area (Å²) in [6.07, 6.45) is -1.26. The fourth-order valence-corrected chi connectivity index (χ4v) is 10.4. The quantitative estimate of drug-likeness (QED) is 0.0478. The number of hydrogen-bond donors (Lipinski definition) is 3. The molecule has 0 unspecified atom stereocenters. The maximum absolute atomic E-state index is 15.1. The second kappa shape index (κ2) is 19.3. The molecule has 6 aromatic carbocycles. The van der Waals surface area contributed by atoms with Gasteiger partial charge >= 0.3 is 12.1 Å². The highest BCUT2D eigenvalue weighted by Gasteiger charge is 2.56. The molecule has 4 amide bonds. The fraction of sp³-hybridized carbons (Fsp3) is 0.196. The molecule has 3 N–H and O–H groups in total. The lowest BCUT2D eigenvalue weighted by atomic mass is 9.76. The van der Waals surface area contributed by atoms with Gasteiger partial charge in [-0.05, 0) is 78.3 Å². The zero-order chi connectivity index (χ0) is 47.4. The number of rotatable bonds is 12. The zero-order valence-electron chi connectivity index (χ0n) is 37.8. The lowest BCUT2D eigenvalue weighted by Crippen LogP contribution is -2.70. The molecule has 12 heteroatoms. The second-order valence-corrected chi connectivity index (χ2v) is 18.8. The third-order valence-corrected chi connectivity index (χ3v) is 13.4. The van der Waals surface area contributed by atoms with Crippen LogP contribution in [0.3, 0.4) is 0 Å². The van der Waals surface area contributed by atoms with Gasteiger partial charge in [0.1, 0.15) is 28.3 Å². The van der Waals surface area contributed by atoms with Gasteiger partial charge in [0.25, 0.3) is 11.8 Å². The van der Waals surface area contributed by atoms with Crippen molar-refractivity contribution in [2.75, 3.05) is 12.3 Å². The summed E-state index contributed by atoms with van der Waals surface area (Å²) in [5.41, 5.74) is 4.36. The van der Waals surface area contributed by atoms with Crippen LogP contribution in [-0.4, -0.2) is 64.0 Å². The summed E-state index contributed by atoms with van der Waals surface area (Å²) in [5, 5.41) is 8.38. The van der Waals surface area contributed by atoms with E-state index in [1.54, 1.807) is 45.0 Å². The maximum Gasteiger partial charge on any atom is 0.408 e. The zero-order valence-corrected chi connectivity index (χ0v) is 38.6. The van der Waals surface area contributed by atoms with Gasteiger partial charge in [0.05, 0.1) is 0 Å². The van der Waals surface area contributed by atoms with E-state index in [0.29, 0.717) is 51.9 Å². The number of hydrogen-bond acceptors (Lipinski definition) is 8. The number of nitrogens with one attached hydrogen (secondary N) is 3. The Balaban J connectivity index is 1.13. The van der Waals surface area contributed by atoms with Crippen molar-refractivity contribution in [2.45, 2.75) is 55.9 Å². The molecule has 342 valence electrons. The van der Waals surface area contributed by atoms with Crippen molar-refractivity contribution in [1.29, 1.82) is 0 Å². The predicted molar refractivity (Wildman–Crippen MR) is 262 cm³/mol. The smallest absolute Gasteiger partial charge is 0.408 e. The molecule has 0 bridgehead atoms. The van der Waals surface area contributed by atoms with Gasteiger partial charge in [0.15, 0.2) is 6.10 Å². The third kappa shape index (κ3) is 9.07. The highest BCUT2D eigenvalue weighted by atomic mass is 32.2. The number of β-lactam (4-membered cyclic amide) rings is 1. The summed E-state index contributed by atoms with van der Waals surface area (Å²) in [7, 11) is 0. The van der Waals surface area contributed by atoms with Gasteiger partial charge in [-0.25, -0.2) is 9.59 Å². The number of alkyl carbamates (subject to hydrolysis) is 1. The van der Waals surface area contributed by atoms with Crippen molar-refractivity contribution in [3.8, 4) is 0 Å². The summed E-state index contributed by atoms with van der Waals surface area (Å²) in [5.74, 6) is -1.78. The van der Waals surface area contributed by atoms with Crippen molar-refractivity contribution in [2.24, 2.45) is 0 Å². The predicted octanol–water partition coefficient (Wildman–Crippen LogP) is 9.08. The van der Waals surface area contributed by atoms with Crippen molar-refractivity contribution < 1.29 is 33.4 Å². The Morgan fingerprint density at radius 3 is 1.63 bits per heavy atom. The van der Waals surface area contributed by atoms with Crippen LogP contribution in [0.15, 0.2) is 193 Å². The molecule has 2 fully saturated rings. The van der Waals surface area contributed by atoms with E-state index in [0.717, 1.165) is 16.7 Å². The number of fused-ring (bicyclic) bond motifs is 1. The van der Waals surface area contributed by atoms with Crippen LogP contribution in [-0.2, 0) is 29.4 Å². The van der Waals surface area contributed by atoms with Crippen LogP contribution in [0.2, 0.25) is 0 Å². The average molecular weight is 923 g/mol. The number of benzene rings is 6. The highest BCUT2D eigenvalue weighted by molar-refractivity contribution is 8.00. The number of nitrogens with zero attached hydrogens (tertiary/aromatic N) is 1. The first-order valence-corrected chi connectivity index (χ1v) is 23.6. The molecule has 6 aromatic rings. The Kier molecular flexibility index (Phi) is 12.9. The molecule has 0 radical (unpaired) electrons. The molecule has 3 heterocycles. The summed E-state index contributed by atoms with van der Waals surface area (Å²) < 4.78 is 12.0. The van der Waals surface area contributed by atoms with Gasteiger partial charge in [-0.3, -0.25) is 19.3 Å². The molecule has 0 saturated carbocycles. The van der Waals surface area contributed by atoms with Crippen molar-refractivity contribution >= 4 is 47.1 Å². The molecular formula is C56H50N4O7S. The Morgan fingerprint density at radius 1 is 0.676 bits per heavy atom. The summed E-state index contributed by atoms with van der Waals surface area (Å²) in [6.45, 7) is 5.57. The van der Waals surface area contributed by atoms with Gasteiger partial charge in [0.2, 0.25) is 5.91 Å². The van der Waals surface area contributed by atoms with Gasteiger partial charge in [0, 0.05) is 29.0 Å². The molecule has 68 heavy (non-hydrogen) atoms. The number of allylic oxidation sites excluding steroid dienone is 1. The minimum Gasteiger partial charge on any atom is -0.448 e. The third-order valence-electron chi connectivity index (χ3n) is 12.2. The van der Waals surface area contributed by atoms with Crippen LogP contribution in [0.25, 0.3) is 5.57 Å². The number of carbonyl (C=O) groups is 5. The van der Waals surface area contributed by atoms with Crippen molar-refractivity contribution in [3.63, 3.8) is 0 Å². The van der Waals surface area contributed by atoms with Gasteiger partial charge in [-0.2, -0.15) is 0 Å². The molecule has 0 aromatic heterocycles. The molecule has 0 spiro atoms. The van der Waals surface area contributed by atoms with E-state index in [1.165, 1.54) is 16.7 Å². The highest BCUT2D eigenvalue weighted by Crippen LogP contribution is 2.47. The minimum atomic E-state index is -1.07. The molecule has 0 aliphatic carbocycles. The monoisotopic (exact) mass is 922 g/mol. The van der Waals surface area contributed by atoms with Crippen LogP contribution in [0, 0.1) is 0 Å². The van der Waals surface area contributed by atoms with Crippen LogP contribution in [0.4, 0.5) is 4.79 Å². The SMILES string of the molecule is CC(C)(C)OC(=O)N[C@@H]1C(=O)N2C(C(=O)OC(c3ccccc3)c3ccccc3)=C(C(=C3CCNC3=O)c3ccc(C(=O)NC(c4ccccc4)(c4ccccc4)c4ccccc4)cc3)CS[C@H]12. The first-order chi connectivity index (χ1) is 32.9. The van der Waals surface area contributed by atoms with Crippen LogP contribution >= 0.6 is 11.8 Å². The first-order valence-electron chi connectivity index (χ1n) is 22.5. The molecule has 3 aliphatic rings. The van der Waals surface area contributed by atoms with Crippen LogP contribution < -0.4 is 16.0 Å². The molecular weight excluding hydrogens is 873 g/mol. The average Bonchev–Trinajstić information content (AvgIpc) is 3.79. The number of amides is 4. The largest absolute Gasteiger partial charge is 0.448 e. The number of esters is 1. The molecule has 11 nitrogen and oxygen atoms in total. The van der Waals surface area contributed by atoms with Crippen LogP contribution in [0.1, 0.15) is 77.0 Å². The molecule has 3 aliphatic heterocycles. The molecule has 2 atom stereocenters. The normalized spacial score (nSPS) is 17.7. The van der Waals surface area contributed by atoms with E-state index in [2.05, 4.69) is 16.0 Å². The lowest BCUT2D eigenvalue weighted by Gasteiger charge is -2.50. The van der Waals surface area contributed by atoms with E-state index in [9.17, 15) is 19.2 Å². The fourth-order valence-electron chi connectivity index (χ4n) is 9.08. The van der Waals surface area contributed by atoms with Crippen molar-refractivity contribution in [1.82, 2.24) is 20.9 Å². The Hall–Kier alpha value is -7.70. The van der Waals surface area contributed by atoms with E-state index < -0.39 is 46.6 Å². The summed E-state index contributed by atoms with van der Waals surface area (Å²) in [6, 6.07) is 54.1. The van der Waals surface area contributed by atoms with E-state index >= 15 is 4.79 Å². The van der Waals surface area contributed by atoms with E-state index in [-0.39, 0.29) is 23.3 Å². The van der Waals surface area contributed by atoms with E-state index in [1.807, 2.05) is 152 Å². The summed E-state index contributed by atoms with van der Waals surface area (Å²) >= 11 is 1.36. The Bertz CT molecular complexity index is 2770. The number of carbonyl (C=O) groups excluding carboxylic acids is 5. The first kappa shape index (κ1) is 45.5. The topological polar surface area (TPSA) is 143 Å². The summed E-state index contributed by atoms with van der Waals surface area (Å²) in [4.78, 5) is 72.3. The Morgan fingerprint density at radius 2 is 1.16 bits per heavy atom. The molecule has 9 rings (SSSR count). The standard InChI is InChI=1S/C56H50N4O7S/c1-55(2,3)67-54(65)58-46-51(63)60-47(53(64)66-48(37-19-9-4-10-20-37)38-21-11-5-12-22-38)44(35-68-52(46)60)45(43-33-34-57-50(43)62)36-29-31-39(32-30-36)49(61)59-56(40-23-13-6-14-24-40,41-25-15-7-16-26-41)42-27-17-8-18-28-42/h4-32,46,48,52H,33-35H2,1-3H3,(H,57,62)(H,58,65)(H,59,61)/t46-,52-/m1/s1. The van der Waals surface area contributed by atoms with Crippen LogP contribution in [0.5, 0.6) is 0 Å². The van der Waals surface area contributed by atoms with E-state index in [4.69, 9.17) is 9.47 Å². The van der Waals surface area contributed by atoms with Gasteiger partial charge in [-0.1, -0.05) is 164 Å². The maximum atomic E-state index is 15.1. The number of ether oxygens (including phenoxy) is 2. The van der Waals surface area contributed by atoms with Gasteiger partial charge < -0.3 is 25.4 Å².